The van der Waals surface area contributed by atoms with Crippen molar-refractivity contribution in [1.29, 1.82) is 0 Å². The Labute approximate surface area is 180 Å². The van der Waals surface area contributed by atoms with Crippen molar-refractivity contribution in [2.75, 3.05) is 10.8 Å². The van der Waals surface area contributed by atoms with E-state index in [1.165, 1.54) is 15.1 Å². The third-order valence-electron chi connectivity index (χ3n) is 5.12. The highest BCUT2D eigenvalue weighted by atomic mass is 35.5. The fraction of sp³-hybridized carbons (Fsp3) is 0.238. The number of nitrogens with zero attached hydrogens (tertiary/aromatic N) is 4. The molecule has 0 spiro atoms. The number of anilines is 1. The lowest BCUT2D eigenvalue weighted by atomic mass is 10.1. The number of aromatic nitrogens is 2. The summed E-state index contributed by atoms with van der Waals surface area (Å²) >= 11 is 5.98. The Morgan fingerprint density at radius 3 is 2.50 bits per heavy atom. The average Bonchev–Trinajstić information content (AvgIpc) is 3.30. The molecule has 0 atom stereocenters. The number of hydrogen-bond acceptors (Lipinski definition) is 4. The highest BCUT2D eigenvalue weighted by molar-refractivity contribution is 7.92. The van der Waals surface area contributed by atoms with Gasteiger partial charge in [-0.25, -0.2) is 0 Å². The first kappa shape index (κ1) is 20.4. The maximum absolute atomic E-state index is 13.4. The van der Waals surface area contributed by atoms with Crippen LogP contribution in [0.25, 0.3) is 0 Å². The molecule has 7 nitrogen and oxygen atoms in total. The van der Waals surface area contributed by atoms with Crippen LogP contribution in [-0.4, -0.2) is 35.6 Å². The summed E-state index contributed by atoms with van der Waals surface area (Å²) < 4.78 is 29.7. The summed E-state index contributed by atoms with van der Waals surface area (Å²) in [6.07, 6.45) is 1.59. The number of benzene rings is 2. The molecule has 0 bridgehead atoms. The number of rotatable bonds is 6. The van der Waals surface area contributed by atoms with Gasteiger partial charge in [0.1, 0.15) is 0 Å². The van der Waals surface area contributed by atoms with E-state index in [2.05, 4.69) is 5.10 Å². The summed E-state index contributed by atoms with van der Waals surface area (Å²) in [6.45, 7) is 3.10. The van der Waals surface area contributed by atoms with Crippen LogP contribution in [0.2, 0.25) is 5.02 Å². The second-order valence-electron chi connectivity index (χ2n) is 7.13. The predicted octanol–water partition coefficient (Wildman–Crippen LogP) is 3.44. The van der Waals surface area contributed by atoms with Crippen LogP contribution in [0.5, 0.6) is 0 Å². The Morgan fingerprint density at radius 1 is 1.13 bits per heavy atom. The van der Waals surface area contributed by atoms with Gasteiger partial charge in [-0.1, -0.05) is 23.7 Å². The van der Waals surface area contributed by atoms with Crippen LogP contribution < -0.4 is 4.31 Å². The number of fused-ring (bicyclic) bond motifs is 1. The maximum atomic E-state index is 13.4. The Morgan fingerprint density at radius 2 is 1.87 bits per heavy atom. The number of halogens is 1. The number of amides is 1. The van der Waals surface area contributed by atoms with Crippen LogP contribution in [0, 0.1) is 0 Å². The number of sulfonamides is 1. The summed E-state index contributed by atoms with van der Waals surface area (Å²) in [4.78, 5) is 14.1. The average molecular weight is 445 g/mol. The fourth-order valence-corrected chi connectivity index (χ4v) is 5.02. The standard InChI is InChI=1S/C21H21ClN4O3S/c1-3-25-14-16-12-18(8-9-19(16)21(25)27)26(13-15-4-6-17(22)7-5-15)30(28,29)20-10-11-24(2)23-20/h4-12H,3,13-14H2,1-2H3. The number of carbonyl (C=O) groups excluding carboxylic acids is 1. The molecule has 1 aromatic heterocycles. The Kier molecular flexibility index (Phi) is 5.29. The highest BCUT2D eigenvalue weighted by Gasteiger charge is 2.31. The van der Waals surface area contributed by atoms with Crippen molar-refractivity contribution < 1.29 is 13.2 Å². The monoisotopic (exact) mass is 444 g/mol. The van der Waals surface area contributed by atoms with E-state index in [-0.39, 0.29) is 17.5 Å². The number of hydrogen-bond donors (Lipinski definition) is 0. The zero-order valence-corrected chi connectivity index (χ0v) is 18.2. The SMILES string of the molecule is CCN1Cc2cc(N(Cc3ccc(Cl)cc3)S(=O)(=O)c3ccn(C)n3)ccc2C1=O. The predicted molar refractivity (Wildman–Crippen MR) is 115 cm³/mol. The summed E-state index contributed by atoms with van der Waals surface area (Å²) in [5.41, 5.74) is 2.70. The first-order valence-electron chi connectivity index (χ1n) is 9.48. The molecule has 1 amide bonds. The minimum Gasteiger partial charge on any atom is -0.335 e. The molecule has 0 saturated carbocycles. The smallest absolute Gasteiger partial charge is 0.283 e. The summed E-state index contributed by atoms with van der Waals surface area (Å²) in [6, 6.07) is 13.7. The van der Waals surface area contributed by atoms with Gasteiger partial charge in [0.05, 0.1) is 12.2 Å². The minimum absolute atomic E-state index is 0.0316. The van der Waals surface area contributed by atoms with Crippen molar-refractivity contribution in [1.82, 2.24) is 14.7 Å². The minimum atomic E-state index is -3.92. The quantitative estimate of drug-likeness (QED) is 0.583. The molecule has 3 aromatic rings. The second kappa shape index (κ2) is 7.77. The zero-order valence-electron chi connectivity index (χ0n) is 16.6. The molecule has 0 radical (unpaired) electrons. The molecule has 2 heterocycles. The third kappa shape index (κ3) is 3.68. The van der Waals surface area contributed by atoms with Crippen LogP contribution in [0.15, 0.2) is 59.8 Å². The maximum Gasteiger partial charge on any atom is 0.283 e. The van der Waals surface area contributed by atoms with Gasteiger partial charge in [0, 0.05) is 36.9 Å². The molecule has 9 heteroatoms. The molecule has 0 fully saturated rings. The molecule has 4 rings (SSSR count). The van der Waals surface area contributed by atoms with Gasteiger partial charge < -0.3 is 4.90 Å². The van der Waals surface area contributed by atoms with E-state index in [9.17, 15) is 13.2 Å². The van der Waals surface area contributed by atoms with Gasteiger partial charge in [0.15, 0.2) is 5.03 Å². The first-order valence-corrected chi connectivity index (χ1v) is 11.3. The Balaban J connectivity index is 1.78. The third-order valence-corrected chi connectivity index (χ3v) is 7.04. The van der Waals surface area contributed by atoms with Crippen molar-refractivity contribution >= 4 is 33.2 Å². The molecule has 30 heavy (non-hydrogen) atoms. The van der Waals surface area contributed by atoms with Gasteiger partial charge in [0.2, 0.25) is 0 Å². The van der Waals surface area contributed by atoms with Crippen LogP contribution in [0.4, 0.5) is 5.69 Å². The largest absolute Gasteiger partial charge is 0.335 e. The van der Waals surface area contributed by atoms with Crippen LogP contribution in [-0.2, 0) is 30.2 Å². The van der Waals surface area contributed by atoms with Crippen molar-refractivity contribution in [3.8, 4) is 0 Å². The van der Waals surface area contributed by atoms with Gasteiger partial charge in [0.25, 0.3) is 15.9 Å². The second-order valence-corrected chi connectivity index (χ2v) is 9.37. The molecule has 0 saturated heterocycles. The Bertz CT molecular complexity index is 1210. The van der Waals surface area contributed by atoms with Crippen LogP contribution >= 0.6 is 11.6 Å². The van der Waals surface area contributed by atoms with E-state index >= 15 is 0 Å². The van der Waals surface area contributed by atoms with Gasteiger partial charge in [-0.05, 0) is 54.4 Å². The van der Waals surface area contributed by atoms with Gasteiger partial charge >= 0.3 is 0 Å². The Hall–Kier alpha value is -2.84. The molecule has 0 N–H and O–H groups in total. The van der Waals surface area contributed by atoms with E-state index in [0.29, 0.717) is 29.4 Å². The lowest BCUT2D eigenvalue weighted by Gasteiger charge is -2.24. The van der Waals surface area contributed by atoms with Crippen LogP contribution in [0.1, 0.15) is 28.4 Å². The molecular weight excluding hydrogens is 424 g/mol. The zero-order chi connectivity index (χ0) is 21.5. The van der Waals surface area contributed by atoms with E-state index in [0.717, 1.165) is 11.1 Å². The van der Waals surface area contributed by atoms with Gasteiger partial charge in [-0.3, -0.25) is 13.8 Å². The summed E-state index contributed by atoms with van der Waals surface area (Å²) in [5, 5.41) is 4.64. The van der Waals surface area contributed by atoms with E-state index in [4.69, 9.17) is 11.6 Å². The molecular formula is C21H21ClN4O3S. The lowest BCUT2D eigenvalue weighted by molar-refractivity contribution is 0.0787. The molecule has 156 valence electrons. The van der Waals surface area contributed by atoms with E-state index in [1.807, 2.05) is 6.92 Å². The van der Waals surface area contributed by atoms with Crippen LogP contribution in [0.3, 0.4) is 0 Å². The van der Waals surface area contributed by atoms with Gasteiger partial charge in [-0.15, -0.1) is 0 Å². The highest BCUT2D eigenvalue weighted by Crippen LogP contribution is 2.31. The number of carbonyl (C=O) groups is 1. The van der Waals surface area contributed by atoms with Crippen molar-refractivity contribution in [2.45, 2.75) is 25.0 Å². The van der Waals surface area contributed by atoms with Crippen molar-refractivity contribution in [3.63, 3.8) is 0 Å². The normalized spacial score (nSPS) is 13.6. The first-order chi connectivity index (χ1) is 14.3. The number of aryl methyl sites for hydroxylation is 1. The molecule has 2 aromatic carbocycles. The topological polar surface area (TPSA) is 75.5 Å². The van der Waals surface area contributed by atoms with Crippen molar-refractivity contribution in [2.24, 2.45) is 7.05 Å². The fourth-order valence-electron chi connectivity index (χ4n) is 3.49. The molecule has 1 aliphatic heterocycles. The van der Waals surface area contributed by atoms with E-state index < -0.39 is 10.0 Å². The molecule has 0 aliphatic carbocycles. The van der Waals surface area contributed by atoms with Gasteiger partial charge in [-0.2, -0.15) is 13.5 Å². The molecule has 1 aliphatic rings. The lowest BCUT2D eigenvalue weighted by Crippen LogP contribution is -2.31. The summed E-state index contributed by atoms with van der Waals surface area (Å²) in [5.74, 6) is -0.0316. The molecule has 0 unspecified atom stereocenters. The summed E-state index contributed by atoms with van der Waals surface area (Å²) in [7, 11) is -2.25. The van der Waals surface area contributed by atoms with E-state index in [1.54, 1.807) is 60.6 Å². The van der Waals surface area contributed by atoms with Crippen molar-refractivity contribution in [3.05, 3.63) is 76.4 Å².